The van der Waals surface area contributed by atoms with Gasteiger partial charge in [0.2, 0.25) is 0 Å². The highest BCUT2D eigenvalue weighted by Gasteiger charge is 2.41. The average Bonchev–Trinajstić information content (AvgIpc) is 2.72. The van der Waals surface area contributed by atoms with Gasteiger partial charge >= 0.3 is 5.97 Å². The topological polar surface area (TPSA) is 95.5 Å². The highest BCUT2D eigenvalue weighted by Crippen LogP contribution is 2.29. The Kier molecular flexibility index (Phi) is 3.33. The van der Waals surface area contributed by atoms with Crippen molar-refractivity contribution in [3.63, 3.8) is 0 Å². The van der Waals surface area contributed by atoms with Crippen LogP contribution in [-0.2, 0) is 4.74 Å². The molecule has 0 unspecified atom stereocenters. The second-order valence-corrected chi connectivity index (χ2v) is 6.21. The molecular formula is C13H19N3O4. The number of rotatable bonds is 2. The molecule has 110 valence electrons. The van der Waals surface area contributed by atoms with Gasteiger partial charge in [-0.1, -0.05) is 0 Å². The maximum absolute atomic E-state index is 12.5. The number of hydrogen-bond donors (Lipinski definition) is 2. The number of carboxylic acid groups (broad SMARTS) is 1. The maximum Gasteiger partial charge on any atom is 0.354 e. The molecule has 1 aliphatic heterocycles. The summed E-state index contributed by atoms with van der Waals surface area (Å²) >= 11 is 0. The molecule has 0 spiro atoms. The SMILES string of the molecule is CC1(C)CN(C(=O)c2nc[nH]c2C(=O)O)CC(C)(C)O1. The van der Waals surface area contributed by atoms with Crippen molar-refractivity contribution in [1.29, 1.82) is 0 Å². The summed E-state index contributed by atoms with van der Waals surface area (Å²) in [5.74, 6) is -1.59. The molecule has 1 fully saturated rings. The maximum atomic E-state index is 12.5. The Balaban J connectivity index is 2.29. The van der Waals surface area contributed by atoms with Crippen LogP contribution in [0.25, 0.3) is 0 Å². The van der Waals surface area contributed by atoms with Crippen LogP contribution in [0.15, 0.2) is 6.33 Å². The lowest BCUT2D eigenvalue weighted by Gasteiger charge is -2.46. The molecule has 0 saturated carbocycles. The smallest absolute Gasteiger partial charge is 0.354 e. The molecule has 0 radical (unpaired) electrons. The highest BCUT2D eigenvalue weighted by molar-refractivity contribution is 6.02. The van der Waals surface area contributed by atoms with E-state index >= 15 is 0 Å². The number of morpholine rings is 1. The predicted octanol–water partition coefficient (Wildman–Crippen LogP) is 1.14. The van der Waals surface area contributed by atoms with Gasteiger partial charge < -0.3 is 19.7 Å². The number of aromatic amines is 1. The van der Waals surface area contributed by atoms with Gasteiger partial charge in [0.15, 0.2) is 11.4 Å². The molecule has 2 heterocycles. The Morgan fingerprint density at radius 1 is 1.30 bits per heavy atom. The van der Waals surface area contributed by atoms with Gasteiger partial charge in [-0.25, -0.2) is 9.78 Å². The number of H-pyrrole nitrogens is 1. The van der Waals surface area contributed by atoms with Crippen LogP contribution in [0.2, 0.25) is 0 Å². The minimum absolute atomic E-state index is 0.0639. The molecule has 7 nitrogen and oxygen atoms in total. The van der Waals surface area contributed by atoms with E-state index < -0.39 is 23.1 Å². The van der Waals surface area contributed by atoms with E-state index in [0.29, 0.717) is 13.1 Å². The van der Waals surface area contributed by atoms with Crippen molar-refractivity contribution >= 4 is 11.9 Å². The average molecular weight is 281 g/mol. The van der Waals surface area contributed by atoms with E-state index in [4.69, 9.17) is 9.84 Å². The van der Waals surface area contributed by atoms with Gasteiger partial charge in [0, 0.05) is 13.1 Å². The van der Waals surface area contributed by atoms with Crippen molar-refractivity contribution in [2.24, 2.45) is 0 Å². The zero-order valence-corrected chi connectivity index (χ0v) is 12.1. The molecule has 2 rings (SSSR count). The normalized spacial score (nSPS) is 20.7. The second-order valence-electron chi connectivity index (χ2n) is 6.21. The Morgan fingerprint density at radius 3 is 2.35 bits per heavy atom. The largest absolute Gasteiger partial charge is 0.477 e. The van der Waals surface area contributed by atoms with Gasteiger partial charge in [-0.2, -0.15) is 0 Å². The minimum Gasteiger partial charge on any atom is -0.477 e. The second kappa shape index (κ2) is 4.59. The Morgan fingerprint density at radius 2 is 1.85 bits per heavy atom. The monoisotopic (exact) mass is 281 g/mol. The van der Waals surface area contributed by atoms with E-state index in [0.717, 1.165) is 0 Å². The molecule has 0 bridgehead atoms. The van der Waals surface area contributed by atoms with Gasteiger partial charge in [-0.15, -0.1) is 0 Å². The molecule has 0 atom stereocenters. The van der Waals surface area contributed by atoms with Crippen LogP contribution in [0.4, 0.5) is 0 Å². The Hall–Kier alpha value is -1.89. The summed E-state index contributed by atoms with van der Waals surface area (Å²) in [6.45, 7) is 8.38. The molecule has 1 aliphatic rings. The molecule has 20 heavy (non-hydrogen) atoms. The third kappa shape index (κ3) is 2.82. The molecule has 0 aromatic carbocycles. The number of amides is 1. The number of ether oxygens (including phenoxy) is 1. The van der Waals surface area contributed by atoms with Crippen molar-refractivity contribution in [1.82, 2.24) is 14.9 Å². The number of hydrogen-bond acceptors (Lipinski definition) is 4. The van der Waals surface area contributed by atoms with Gasteiger partial charge in [0.25, 0.3) is 5.91 Å². The van der Waals surface area contributed by atoms with Crippen LogP contribution in [-0.4, -0.2) is 56.1 Å². The lowest BCUT2D eigenvalue weighted by Crippen LogP contribution is -2.58. The van der Waals surface area contributed by atoms with E-state index in [1.807, 2.05) is 27.7 Å². The number of nitrogens with zero attached hydrogens (tertiary/aromatic N) is 2. The summed E-state index contributed by atoms with van der Waals surface area (Å²) in [6.07, 6.45) is 1.22. The van der Waals surface area contributed by atoms with Crippen LogP contribution >= 0.6 is 0 Å². The number of aromatic nitrogens is 2. The third-order valence-corrected chi connectivity index (χ3v) is 3.04. The summed E-state index contributed by atoms with van der Waals surface area (Å²) in [7, 11) is 0. The van der Waals surface area contributed by atoms with Crippen molar-refractivity contribution < 1.29 is 19.4 Å². The summed E-state index contributed by atoms with van der Waals surface area (Å²) in [6, 6.07) is 0. The quantitative estimate of drug-likeness (QED) is 0.847. The first-order valence-corrected chi connectivity index (χ1v) is 6.37. The molecule has 1 aromatic rings. The molecule has 0 aliphatic carbocycles. The van der Waals surface area contributed by atoms with Gasteiger partial charge in [-0.05, 0) is 27.7 Å². The van der Waals surface area contributed by atoms with E-state index in [1.54, 1.807) is 4.90 Å². The first-order chi connectivity index (χ1) is 9.11. The number of nitrogens with one attached hydrogen (secondary N) is 1. The van der Waals surface area contributed by atoms with Gasteiger partial charge in [0.1, 0.15) is 0 Å². The molecule has 7 heteroatoms. The van der Waals surface area contributed by atoms with Crippen LogP contribution < -0.4 is 0 Å². The minimum atomic E-state index is -1.20. The first-order valence-electron chi connectivity index (χ1n) is 6.37. The zero-order chi connectivity index (χ0) is 15.1. The lowest BCUT2D eigenvalue weighted by molar-refractivity contribution is -0.171. The van der Waals surface area contributed by atoms with Gasteiger partial charge in [0.05, 0.1) is 17.5 Å². The first kappa shape index (κ1) is 14.5. The van der Waals surface area contributed by atoms with E-state index in [-0.39, 0.29) is 11.4 Å². The van der Waals surface area contributed by atoms with E-state index in [2.05, 4.69) is 9.97 Å². The fourth-order valence-corrected chi connectivity index (χ4v) is 2.70. The summed E-state index contributed by atoms with van der Waals surface area (Å²) < 4.78 is 5.90. The number of carbonyl (C=O) groups is 2. The highest BCUT2D eigenvalue weighted by atomic mass is 16.5. The molecule has 1 amide bonds. The Labute approximate surface area is 116 Å². The molecule has 1 aromatic heterocycles. The fourth-order valence-electron chi connectivity index (χ4n) is 2.70. The molecular weight excluding hydrogens is 262 g/mol. The van der Waals surface area contributed by atoms with Crippen molar-refractivity contribution in [2.75, 3.05) is 13.1 Å². The van der Waals surface area contributed by atoms with Crippen molar-refractivity contribution in [3.8, 4) is 0 Å². The van der Waals surface area contributed by atoms with Crippen LogP contribution in [0.1, 0.15) is 48.7 Å². The fraction of sp³-hybridized carbons (Fsp3) is 0.615. The van der Waals surface area contributed by atoms with Crippen molar-refractivity contribution in [3.05, 3.63) is 17.7 Å². The van der Waals surface area contributed by atoms with E-state index in [1.165, 1.54) is 6.33 Å². The van der Waals surface area contributed by atoms with E-state index in [9.17, 15) is 9.59 Å². The van der Waals surface area contributed by atoms with Gasteiger partial charge in [-0.3, -0.25) is 4.79 Å². The lowest BCUT2D eigenvalue weighted by atomic mass is 9.98. The predicted molar refractivity (Wildman–Crippen MR) is 70.7 cm³/mol. The van der Waals surface area contributed by atoms with Crippen LogP contribution in [0, 0.1) is 0 Å². The Bertz CT molecular complexity index is 532. The zero-order valence-electron chi connectivity index (χ0n) is 12.1. The summed E-state index contributed by atoms with van der Waals surface area (Å²) in [5, 5.41) is 9.04. The summed E-state index contributed by atoms with van der Waals surface area (Å²) in [5.41, 5.74) is -1.23. The molecule has 2 N–H and O–H groups in total. The number of imidazole rings is 1. The number of carboxylic acids is 1. The van der Waals surface area contributed by atoms with Crippen LogP contribution in [0.3, 0.4) is 0 Å². The van der Waals surface area contributed by atoms with Crippen LogP contribution in [0.5, 0.6) is 0 Å². The standard InChI is InChI=1S/C13H19N3O4/c1-12(2)5-16(6-13(3,4)20-12)10(17)8-9(11(18)19)15-7-14-8/h7H,5-6H2,1-4H3,(H,14,15)(H,18,19). The number of carbonyl (C=O) groups excluding carboxylic acids is 1. The van der Waals surface area contributed by atoms with Crippen molar-refractivity contribution in [2.45, 2.75) is 38.9 Å². The molecule has 1 saturated heterocycles. The summed E-state index contributed by atoms with van der Waals surface area (Å²) in [4.78, 5) is 31.5. The third-order valence-electron chi connectivity index (χ3n) is 3.04. The number of aromatic carboxylic acids is 1.